The molecule has 1 saturated carbocycles. The van der Waals surface area contributed by atoms with Crippen LogP contribution >= 0.6 is 0 Å². The summed E-state index contributed by atoms with van der Waals surface area (Å²) in [5.74, 6) is 1.56. The highest BCUT2D eigenvalue weighted by Gasteiger charge is 2.21. The lowest BCUT2D eigenvalue weighted by molar-refractivity contribution is 0.150. The summed E-state index contributed by atoms with van der Waals surface area (Å²) < 4.78 is 0. The SMILES string of the molecule is CC1CCC(c2ccc(CO)c(CCC(C)(C)CO)c2)CC1. The van der Waals surface area contributed by atoms with Gasteiger partial charge in [-0.3, -0.25) is 0 Å². The summed E-state index contributed by atoms with van der Waals surface area (Å²) in [6.07, 6.45) is 7.13. The smallest absolute Gasteiger partial charge is 0.0684 e. The number of hydrogen-bond acceptors (Lipinski definition) is 2. The number of aryl methyl sites for hydroxylation is 1. The fourth-order valence-electron chi connectivity index (χ4n) is 3.43. The Balaban J connectivity index is 2.12. The van der Waals surface area contributed by atoms with Crippen molar-refractivity contribution in [3.8, 4) is 0 Å². The second-order valence-corrected chi connectivity index (χ2v) is 7.97. The van der Waals surface area contributed by atoms with Crippen LogP contribution in [0.4, 0.5) is 0 Å². The largest absolute Gasteiger partial charge is 0.396 e. The van der Waals surface area contributed by atoms with E-state index in [-0.39, 0.29) is 18.6 Å². The Bertz CT molecular complexity index is 471. The van der Waals surface area contributed by atoms with Crippen LogP contribution in [0, 0.1) is 11.3 Å². The van der Waals surface area contributed by atoms with E-state index in [1.165, 1.54) is 36.8 Å². The minimum absolute atomic E-state index is 0.0526. The Hall–Kier alpha value is -0.860. The molecule has 0 aromatic heterocycles. The molecule has 1 aromatic rings. The Labute approximate surface area is 135 Å². The van der Waals surface area contributed by atoms with E-state index >= 15 is 0 Å². The molecule has 0 radical (unpaired) electrons. The lowest BCUT2D eigenvalue weighted by atomic mass is 9.78. The molecule has 0 aliphatic heterocycles. The maximum absolute atomic E-state index is 9.59. The molecule has 1 aromatic carbocycles. The third-order valence-electron chi connectivity index (χ3n) is 5.39. The van der Waals surface area contributed by atoms with E-state index in [2.05, 4.69) is 39.0 Å². The first-order valence-electron chi connectivity index (χ1n) is 8.78. The maximum atomic E-state index is 9.59. The van der Waals surface area contributed by atoms with Gasteiger partial charge in [0.05, 0.1) is 6.61 Å². The van der Waals surface area contributed by atoms with Crippen molar-refractivity contribution in [1.29, 1.82) is 0 Å². The van der Waals surface area contributed by atoms with E-state index in [9.17, 15) is 10.2 Å². The van der Waals surface area contributed by atoms with Crippen molar-refractivity contribution < 1.29 is 10.2 Å². The molecule has 2 nitrogen and oxygen atoms in total. The van der Waals surface area contributed by atoms with E-state index in [1.807, 2.05) is 0 Å². The monoisotopic (exact) mass is 304 g/mol. The summed E-state index contributed by atoms with van der Waals surface area (Å²) >= 11 is 0. The summed E-state index contributed by atoms with van der Waals surface area (Å²) in [5.41, 5.74) is 3.70. The molecular formula is C20H32O2. The molecule has 0 heterocycles. The zero-order chi connectivity index (χ0) is 16.2. The standard InChI is InChI=1S/C20H32O2/c1-15-4-6-16(7-5-15)17-8-9-19(13-21)18(12-17)10-11-20(2,3)14-22/h8-9,12,15-16,21-22H,4-7,10-11,13-14H2,1-3H3. The Morgan fingerprint density at radius 3 is 2.32 bits per heavy atom. The van der Waals surface area contributed by atoms with Crippen molar-refractivity contribution >= 4 is 0 Å². The van der Waals surface area contributed by atoms with Gasteiger partial charge in [0.15, 0.2) is 0 Å². The van der Waals surface area contributed by atoms with Crippen molar-refractivity contribution in [3.05, 3.63) is 34.9 Å². The highest BCUT2D eigenvalue weighted by Crippen LogP contribution is 2.36. The molecule has 1 aliphatic rings. The van der Waals surface area contributed by atoms with Crippen LogP contribution in [0.3, 0.4) is 0 Å². The number of aliphatic hydroxyl groups is 2. The number of aliphatic hydroxyl groups excluding tert-OH is 2. The summed E-state index contributed by atoms with van der Waals surface area (Å²) in [4.78, 5) is 0. The van der Waals surface area contributed by atoms with Crippen LogP contribution in [-0.2, 0) is 13.0 Å². The molecule has 0 bridgehead atoms. The highest BCUT2D eigenvalue weighted by molar-refractivity contribution is 5.34. The molecule has 2 heteroatoms. The van der Waals surface area contributed by atoms with Crippen LogP contribution < -0.4 is 0 Å². The van der Waals surface area contributed by atoms with Crippen LogP contribution in [0.15, 0.2) is 18.2 Å². The molecule has 0 amide bonds. The van der Waals surface area contributed by atoms with Crippen molar-refractivity contribution in [2.24, 2.45) is 11.3 Å². The lowest BCUT2D eigenvalue weighted by Crippen LogP contribution is -2.18. The minimum Gasteiger partial charge on any atom is -0.396 e. The average molecular weight is 304 g/mol. The van der Waals surface area contributed by atoms with Gasteiger partial charge < -0.3 is 10.2 Å². The minimum atomic E-state index is -0.0526. The van der Waals surface area contributed by atoms with E-state index in [1.54, 1.807) is 0 Å². The maximum Gasteiger partial charge on any atom is 0.0684 e. The molecule has 124 valence electrons. The molecule has 0 unspecified atom stereocenters. The van der Waals surface area contributed by atoms with E-state index < -0.39 is 0 Å². The molecular weight excluding hydrogens is 272 g/mol. The van der Waals surface area contributed by atoms with Crippen LogP contribution in [0.25, 0.3) is 0 Å². The van der Waals surface area contributed by atoms with E-state index in [4.69, 9.17) is 0 Å². The Kier molecular flexibility index (Phi) is 6.05. The first-order chi connectivity index (χ1) is 10.4. The van der Waals surface area contributed by atoms with Gasteiger partial charge >= 0.3 is 0 Å². The number of benzene rings is 1. The number of rotatable bonds is 6. The van der Waals surface area contributed by atoms with Gasteiger partial charge in [-0.2, -0.15) is 0 Å². The number of hydrogen-bond donors (Lipinski definition) is 2. The summed E-state index contributed by atoms with van der Waals surface area (Å²) in [7, 11) is 0. The molecule has 0 spiro atoms. The third kappa shape index (κ3) is 4.57. The molecule has 1 aliphatic carbocycles. The van der Waals surface area contributed by atoms with Crippen LogP contribution in [0.2, 0.25) is 0 Å². The van der Waals surface area contributed by atoms with Crippen LogP contribution in [0.1, 0.15) is 75.5 Å². The van der Waals surface area contributed by atoms with Gasteiger partial charge in [0.25, 0.3) is 0 Å². The third-order valence-corrected chi connectivity index (χ3v) is 5.39. The van der Waals surface area contributed by atoms with Crippen molar-refractivity contribution in [3.63, 3.8) is 0 Å². The van der Waals surface area contributed by atoms with Gasteiger partial charge in [-0.25, -0.2) is 0 Å². The second-order valence-electron chi connectivity index (χ2n) is 7.97. The molecule has 2 rings (SSSR count). The first-order valence-corrected chi connectivity index (χ1v) is 8.78. The van der Waals surface area contributed by atoms with Gasteiger partial charge in [-0.15, -0.1) is 0 Å². The normalized spacial score (nSPS) is 22.8. The summed E-state index contributed by atoms with van der Waals surface area (Å²) in [6.45, 7) is 6.86. The zero-order valence-corrected chi connectivity index (χ0v) is 14.4. The summed E-state index contributed by atoms with van der Waals surface area (Å²) in [6, 6.07) is 6.64. The topological polar surface area (TPSA) is 40.5 Å². The van der Waals surface area contributed by atoms with Crippen LogP contribution in [-0.4, -0.2) is 16.8 Å². The average Bonchev–Trinajstić information content (AvgIpc) is 2.53. The quantitative estimate of drug-likeness (QED) is 0.816. The van der Waals surface area contributed by atoms with E-state index in [0.29, 0.717) is 5.92 Å². The van der Waals surface area contributed by atoms with Crippen LogP contribution in [0.5, 0.6) is 0 Å². The molecule has 2 N–H and O–H groups in total. The summed E-state index contributed by atoms with van der Waals surface area (Å²) in [5, 5.41) is 19.0. The molecule has 0 atom stereocenters. The fourth-order valence-corrected chi connectivity index (χ4v) is 3.43. The second kappa shape index (κ2) is 7.61. The first kappa shape index (κ1) is 17.5. The van der Waals surface area contributed by atoms with Gasteiger partial charge in [0.2, 0.25) is 0 Å². The Morgan fingerprint density at radius 2 is 1.73 bits per heavy atom. The highest BCUT2D eigenvalue weighted by atomic mass is 16.3. The Morgan fingerprint density at radius 1 is 1.05 bits per heavy atom. The van der Waals surface area contributed by atoms with E-state index in [0.717, 1.165) is 24.3 Å². The molecule has 22 heavy (non-hydrogen) atoms. The van der Waals surface area contributed by atoms with Gasteiger partial charge in [0.1, 0.15) is 0 Å². The fraction of sp³-hybridized carbons (Fsp3) is 0.700. The zero-order valence-electron chi connectivity index (χ0n) is 14.4. The lowest BCUT2D eigenvalue weighted by Gasteiger charge is -2.27. The van der Waals surface area contributed by atoms with Gasteiger partial charge in [0, 0.05) is 6.61 Å². The van der Waals surface area contributed by atoms with Gasteiger partial charge in [-0.1, -0.05) is 51.8 Å². The van der Waals surface area contributed by atoms with Gasteiger partial charge in [-0.05, 0) is 59.6 Å². The van der Waals surface area contributed by atoms with Crippen molar-refractivity contribution in [2.45, 2.75) is 71.8 Å². The molecule has 1 fully saturated rings. The molecule has 0 saturated heterocycles. The predicted octanol–water partition coefficient (Wildman–Crippen LogP) is 4.42. The van der Waals surface area contributed by atoms with Crippen molar-refractivity contribution in [2.75, 3.05) is 6.61 Å². The predicted molar refractivity (Wildman–Crippen MR) is 91.9 cm³/mol. The van der Waals surface area contributed by atoms with Crippen molar-refractivity contribution in [1.82, 2.24) is 0 Å².